The van der Waals surface area contributed by atoms with Gasteiger partial charge >= 0.3 is 0 Å². The zero-order valence-electron chi connectivity index (χ0n) is 16.0. The van der Waals surface area contributed by atoms with Crippen molar-refractivity contribution in [2.45, 2.75) is 19.9 Å². The Labute approximate surface area is 156 Å². The van der Waals surface area contributed by atoms with Crippen molar-refractivity contribution in [3.63, 3.8) is 0 Å². The summed E-state index contributed by atoms with van der Waals surface area (Å²) < 4.78 is 0. The SMILES string of the molecule is CN=C(NCCc1ccc(C)cc1)NCc1ccc(C(=O)N(C)C)cc1. The predicted molar refractivity (Wildman–Crippen MR) is 108 cm³/mol. The second-order valence-electron chi connectivity index (χ2n) is 6.48. The number of carbonyl (C=O) groups excluding carboxylic acids is 1. The molecule has 26 heavy (non-hydrogen) atoms. The van der Waals surface area contributed by atoms with Gasteiger partial charge in [0.1, 0.15) is 0 Å². The van der Waals surface area contributed by atoms with E-state index >= 15 is 0 Å². The fraction of sp³-hybridized carbons (Fsp3) is 0.333. The molecule has 0 radical (unpaired) electrons. The molecule has 0 unspecified atom stereocenters. The molecule has 0 aromatic heterocycles. The summed E-state index contributed by atoms with van der Waals surface area (Å²) in [5.74, 6) is 0.781. The molecule has 1 amide bonds. The monoisotopic (exact) mass is 352 g/mol. The van der Waals surface area contributed by atoms with Crippen LogP contribution < -0.4 is 10.6 Å². The topological polar surface area (TPSA) is 56.7 Å². The van der Waals surface area contributed by atoms with E-state index in [9.17, 15) is 4.79 Å². The molecule has 0 heterocycles. The van der Waals surface area contributed by atoms with Crippen LogP contribution in [-0.4, -0.2) is 44.5 Å². The van der Waals surface area contributed by atoms with E-state index in [0.29, 0.717) is 12.1 Å². The molecular formula is C21H28N4O. The lowest BCUT2D eigenvalue weighted by atomic mass is 10.1. The zero-order valence-corrected chi connectivity index (χ0v) is 16.0. The van der Waals surface area contributed by atoms with Gasteiger partial charge in [-0.3, -0.25) is 9.79 Å². The van der Waals surface area contributed by atoms with E-state index in [-0.39, 0.29) is 5.91 Å². The second-order valence-corrected chi connectivity index (χ2v) is 6.48. The van der Waals surface area contributed by atoms with Crippen LogP contribution in [0.1, 0.15) is 27.0 Å². The number of aryl methyl sites for hydroxylation is 1. The maximum atomic E-state index is 11.9. The van der Waals surface area contributed by atoms with Gasteiger partial charge in [0, 0.05) is 39.8 Å². The molecule has 138 valence electrons. The Hall–Kier alpha value is -2.82. The van der Waals surface area contributed by atoms with Gasteiger partial charge in [-0.1, -0.05) is 42.0 Å². The average Bonchev–Trinajstić information content (AvgIpc) is 2.65. The maximum Gasteiger partial charge on any atom is 0.253 e. The summed E-state index contributed by atoms with van der Waals surface area (Å²) in [6, 6.07) is 16.2. The molecule has 2 aromatic rings. The molecule has 2 rings (SSSR count). The van der Waals surface area contributed by atoms with Gasteiger partial charge in [-0.05, 0) is 36.6 Å². The van der Waals surface area contributed by atoms with Gasteiger partial charge < -0.3 is 15.5 Å². The van der Waals surface area contributed by atoms with Crippen molar-refractivity contribution in [3.05, 3.63) is 70.8 Å². The minimum atomic E-state index is 0.0121. The summed E-state index contributed by atoms with van der Waals surface area (Å²) in [5.41, 5.74) is 4.37. The highest BCUT2D eigenvalue weighted by Gasteiger charge is 2.07. The molecule has 0 atom stereocenters. The second kappa shape index (κ2) is 9.61. The summed E-state index contributed by atoms with van der Waals surface area (Å²) in [5, 5.41) is 6.62. The van der Waals surface area contributed by atoms with E-state index in [0.717, 1.165) is 24.5 Å². The van der Waals surface area contributed by atoms with Crippen LogP contribution in [0.4, 0.5) is 0 Å². The van der Waals surface area contributed by atoms with Crippen molar-refractivity contribution in [1.82, 2.24) is 15.5 Å². The lowest BCUT2D eigenvalue weighted by Crippen LogP contribution is -2.37. The van der Waals surface area contributed by atoms with Crippen molar-refractivity contribution < 1.29 is 4.79 Å². The lowest BCUT2D eigenvalue weighted by Gasteiger charge is -2.13. The van der Waals surface area contributed by atoms with Gasteiger partial charge in [0.15, 0.2) is 5.96 Å². The van der Waals surface area contributed by atoms with E-state index in [1.807, 2.05) is 24.3 Å². The standard InChI is InChI=1S/C21H28N4O/c1-16-5-7-17(8-6-16)13-14-23-21(22-2)24-15-18-9-11-19(12-10-18)20(26)25(3)4/h5-12H,13-15H2,1-4H3,(H2,22,23,24). The first kappa shape index (κ1) is 19.5. The third kappa shape index (κ3) is 5.92. The molecule has 5 heteroatoms. The molecular weight excluding hydrogens is 324 g/mol. The third-order valence-corrected chi connectivity index (χ3v) is 4.12. The van der Waals surface area contributed by atoms with Crippen molar-refractivity contribution in [3.8, 4) is 0 Å². The summed E-state index contributed by atoms with van der Waals surface area (Å²) >= 11 is 0. The van der Waals surface area contributed by atoms with Crippen LogP contribution in [0.15, 0.2) is 53.5 Å². The van der Waals surface area contributed by atoms with E-state index in [2.05, 4.69) is 46.8 Å². The number of nitrogens with zero attached hydrogens (tertiary/aromatic N) is 2. The number of nitrogens with one attached hydrogen (secondary N) is 2. The number of benzene rings is 2. The van der Waals surface area contributed by atoms with Crippen LogP contribution in [0.3, 0.4) is 0 Å². The van der Waals surface area contributed by atoms with Crippen molar-refractivity contribution in [2.75, 3.05) is 27.7 Å². The molecule has 0 saturated heterocycles. The van der Waals surface area contributed by atoms with E-state index in [1.165, 1.54) is 11.1 Å². The minimum absolute atomic E-state index is 0.0121. The van der Waals surface area contributed by atoms with Crippen LogP contribution in [0.25, 0.3) is 0 Å². The van der Waals surface area contributed by atoms with Gasteiger partial charge in [-0.15, -0.1) is 0 Å². The predicted octanol–water partition coefficient (Wildman–Crippen LogP) is 2.60. The average molecular weight is 352 g/mol. The fourth-order valence-electron chi connectivity index (χ4n) is 2.51. The van der Waals surface area contributed by atoms with Crippen LogP contribution in [0.5, 0.6) is 0 Å². The Morgan fingerprint density at radius 3 is 2.15 bits per heavy atom. The molecule has 0 fully saturated rings. The normalized spacial score (nSPS) is 11.2. The van der Waals surface area contributed by atoms with E-state index < -0.39 is 0 Å². The quantitative estimate of drug-likeness (QED) is 0.621. The summed E-state index contributed by atoms with van der Waals surface area (Å²) in [4.78, 5) is 17.7. The van der Waals surface area contributed by atoms with Crippen LogP contribution >= 0.6 is 0 Å². The van der Waals surface area contributed by atoms with Gasteiger partial charge in [-0.25, -0.2) is 0 Å². The Kier molecular flexibility index (Phi) is 7.21. The first-order valence-corrected chi connectivity index (χ1v) is 8.80. The maximum absolute atomic E-state index is 11.9. The number of amides is 1. The Bertz CT molecular complexity index is 734. The number of rotatable bonds is 6. The molecule has 0 bridgehead atoms. The van der Waals surface area contributed by atoms with Gasteiger partial charge in [-0.2, -0.15) is 0 Å². The Balaban J connectivity index is 1.79. The Morgan fingerprint density at radius 2 is 1.58 bits per heavy atom. The fourth-order valence-corrected chi connectivity index (χ4v) is 2.51. The van der Waals surface area contributed by atoms with Crippen LogP contribution in [0, 0.1) is 6.92 Å². The first-order valence-electron chi connectivity index (χ1n) is 8.80. The third-order valence-electron chi connectivity index (χ3n) is 4.12. The number of guanidine groups is 1. The lowest BCUT2D eigenvalue weighted by molar-refractivity contribution is 0.0827. The van der Waals surface area contributed by atoms with Gasteiger partial charge in [0.2, 0.25) is 0 Å². The van der Waals surface area contributed by atoms with Crippen LogP contribution in [-0.2, 0) is 13.0 Å². The number of carbonyl (C=O) groups is 1. The summed E-state index contributed by atoms with van der Waals surface area (Å²) in [7, 11) is 5.27. The molecule has 0 aliphatic heterocycles. The minimum Gasteiger partial charge on any atom is -0.356 e. The molecule has 2 aromatic carbocycles. The smallest absolute Gasteiger partial charge is 0.253 e. The molecule has 0 saturated carbocycles. The molecule has 0 aliphatic carbocycles. The zero-order chi connectivity index (χ0) is 18.9. The number of aliphatic imine (C=N–C) groups is 1. The van der Waals surface area contributed by atoms with Crippen molar-refractivity contribution in [2.24, 2.45) is 4.99 Å². The van der Waals surface area contributed by atoms with Crippen LogP contribution in [0.2, 0.25) is 0 Å². The van der Waals surface area contributed by atoms with E-state index in [1.54, 1.807) is 26.0 Å². The highest BCUT2D eigenvalue weighted by Crippen LogP contribution is 2.06. The molecule has 2 N–H and O–H groups in total. The molecule has 5 nitrogen and oxygen atoms in total. The summed E-state index contributed by atoms with van der Waals surface area (Å²) in [6.45, 7) is 3.57. The van der Waals surface area contributed by atoms with Crippen molar-refractivity contribution in [1.29, 1.82) is 0 Å². The largest absolute Gasteiger partial charge is 0.356 e. The number of hydrogen-bond acceptors (Lipinski definition) is 2. The molecule has 0 aliphatic rings. The highest BCUT2D eigenvalue weighted by atomic mass is 16.2. The van der Waals surface area contributed by atoms with E-state index in [4.69, 9.17) is 0 Å². The highest BCUT2D eigenvalue weighted by molar-refractivity contribution is 5.93. The first-order chi connectivity index (χ1) is 12.5. The van der Waals surface area contributed by atoms with Gasteiger partial charge in [0.05, 0.1) is 0 Å². The Morgan fingerprint density at radius 1 is 0.962 bits per heavy atom. The van der Waals surface area contributed by atoms with Gasteiger partial charge in [0.25, 0.3) is 5.91 Å². The molecule has 0 spiro atoms. The summed E-state index contributed by atoms with van der Waals surface area (Å²) in [6.07, 6.45) is 0.947. The van der Waals surface area contributed by atoms with Crippen molar-refractivity contribution >= 4 is 11.9 Å². The number of hydrogen-bond donors (Lipinski definition) is 2.